The SMILES string of the molecule is COc1ccc2c(NC(C)(C)C(C)O)nccc2c1. The van der Waals surface area contributed by atoms with Gasteiger partial charge in [0.2, 0.25) is 0 Å². The first-order valence-electron chi connectivity index (χ1n) is 6.33. The van der Waals surface area contributed by atoms with E-state index in [4.69, 9.17) is 4.74 Å². The maximum absolute atomic E-state index is 9.79. The number of aliphatic hydroxyl groups is 1. The van der Waals surface area contributed by atoms with Crippen molar-refractivity contribution in [2.45, 2.75) is 32.4 Å². The number of methoxy groups -OCH3 is 1. The Morgan fingerprint density at radius 2 is 2.05 bits per heavy atom. The molecule has 1 aromatic carbocycles. The van der Waals surface area contributed by atoms with Crippen molar-refractivity contribution in [2.75, 3.05) is 12.4 Å². The van der Waals surface area contributed by atoms with Crippen molar-refractivity contribution in [1.29, 1.82) is 0 Å². The van der Waals surface area contributed by atoms with Gasteiger partial charge < -0.3 is 15.2 Å². The van der Waals surface area contributed by atoms with E-state index in [-0.39, 0.29) is 0 Å². The number of rotatable bonds is 4. The number of fused-ring (bicyclic) bond motifs is 1. The summed E-state index contributed by atoms with van der Waals surface area (Å²) in [6.07, 6.45) is 1.27. The fourth-order valence-electron chi connectivity index (χ4n) is 1.79. The van der Waals surface area contributed by atoms with Crippen LogP contribution in [0.4, 0.5) is 5.82 Å². The zero-order valence-corrected chi connectivity index (χ0v) is 11.8. The van der Waals surface area contributed by atoms with E-state index in [9.17, 15) is 5.11 Å². The second-order valence-corrected chi connectivity index (χ2v) is 5.27. The molecule has 0 amide bonds. The highest BCUT2D eigenvalue weighted by atomic mass is 16.5. The Morgan fingerprint density at radius 1 is 1.32 bits per heavy atom. The molecule has 2 aromatic rings. The quantitative estimate of drug-likeness (QED) is 0.887. The minimum Gasteiger partial charge on any atom is -0.497 e. The number of ether oxygens (including phenoxy) is 1. The van der Waals surface area contributed by atoms with E-state index in [1.54, 1.807) is 20.2 Å². The van der Waals surface area contributed by atoms with Gasteiger partial charge in [0.25, 0.3) is 0 Å². The maximum Gasteiger partial charge on any atom is 0.134 e. The molecule has 0 aliphatic carbocycles. The Hall–Kier alpha value is -1.81. The summed E-state index contributed by atoms with van der Waals surface area (Å²) in [4.78, 5) is 4.37. The van der Waals surface area contributed by atoms with E-state index in [0.29, 0.717) is 0 Å². The summed E-state index contributed by atoms with van der Waals surface area (Å²) >= 11 is 0. The molecule has 0 fully saturated rings. The van der Waals surface area contributed by atoms with E-state index < -0.39 is 11.6 Å². The van der Waals surface area contributed by atoms with Gasteiger partial charge in [-0.25, -0.2) is 4.98 Å². The smallest absolute Gasteiger partial charge is 0.134 e. The van der Waals surface area contributed by atoms with E-state index in [1.165, 1.54) is 0 Å². The van der Waals surface area contributed by atoms with Crippen LogP contribution in [0.25, 0.3) is 10.8 Å². The molecule has 0 aliphatic heterocycles. The molecular weight excluding hydrogens is 240 g/mol. The molecule has 2 N–H and O–H groups in total. The van der Waals surface area contributed by atoms with Gasteiger partial charge in [-0.05, 0) is 50.4 Å². The van der Waals surface area contributed by atoms with Crippen molar-refractivity contribution in [3.05, 3.63) is 30.5 Å². The second kappa shape index (κ2) is 5.05. The van der Waals surface area contributed by atoms with Gasteiger partial charge in [0.15, 0.2) is 0 Å². The number of hydrogen-bond acceptors (Lipinski definition) is 4. The van der Waals surface area contributed by atoms with Crippen LogP contribution in [0, 0.1) is 0 Å². The third-order valence-electron chi connectivity index (χ3n) is 3.46. The van der Waals surface area contributed by atoms with Gasteiger partial charge in [-0.3, -0.25) is 0 Å². The number of pyridine rings is 1. The van der Waals surface area contributed by atoms with Crippen LogP contribution in [0.2, 0.25) is 0 Å². The van der Waals surface area contributed by atoms with Gasteiger partial charge in [-0.15, -0.1) is 0 Å². The fourth-order valence-corrected chi connectivity index (χ4v) is 1.79. The maximum atomic E-state index is 9.79. The lowest BCUT2D eigenvalue weighted by Gasteiger charge is -2.30. The van der Waals surface area contributed by atoms with E-state index >= 15 is 0 Å². The number of aliphatic hydroxyl groups excluding tert-OH is 1. The summed E-state index contributed by atoms with van der Waals surface area (Å²) in [6.45, 7) is 5.66. The van der Waals surface area contributed by atoms with Crippen LogP contribution in [0.1, 0.15) is 20.8 Å². The van der Waals surface area contributed by atoms with Gasteiger partial charge in [-0.1, -0.05) is 0 Å². The minimum atomic E-state index is -0.484. The summed E-state index contributed by atoms with van der Waals surface area (Å²) in [7, 11) is 1.65. The predicted molar refractivity (Wildman–Crippen MR) is 77.7 cm³/mol. The van der Waals surface area contributed by atoms with Crippen molar-refractivity contribution in [1.82, 2.24) is 4.98 Å². The molecule has 19 heavy (non-hydrogen) atoms. The number of anilines is 1. The molecule has 0 saturated heterocycles. The predicted octanol–water partition coefficient (Wildman–Crippen LogP) is 2.81. The standard InChI is InChI=1S/C15H20N2O2/c1-10(18)15(2,3)17-14-13-6-5-12(19-4)9-11(13)7-8-16-14/h5-10,18H,1-4H3,(H,16,17). The summed E-state index contributed by atoms with van der Waals surface area (Å²) < 4.78 is 5.22. The lowest BCUT2D eigenvalue weighted by atomic mass is 9.98. The van der Waals surface area contributed by atoms with Gasteiger partial charge in [0, 0.05) is 11.6 Å². The highest BCUT2D eigenvalue weighted by Gasteiger charge is 2.24. The Balaban J connectivity index is 2.44. The summed E-state index contributed by atoms with van der Waals surface area (Å²) in [5, 5.41) is 15.1. The Kier molecular flexibility index (Phi) is 3.62. The Bertz CT molecular complexity index is 579. The number of nitrogens with one attached hydrogen (secondary N) is 1. The number of aromatic nitrogens is 1. The van der Waals surface area contributed by atoms with E-state index in [0.717, 1.165) is 22.3 Å². The average molecular weight is 260 g/mol. The van der Waals surface area contributed by atoms with Crippen molar-refractivity contribution < 1.29 is 9.84 Å². The molecule has 4 heteroatoms. The molecule has 1 unspecified atom stereocenters. The molecule has 102 valence electrons. The van der Waals surface area contributed by atoms with Crippen LogP contribution in [-0.2, 0) is 0 Å². The third-order valence-corrected chi connectivity index (χ3v) is 3.46. The summed E-state index contributed by atoms with van der Waals surface area (Å²) in [5.41, 5.74) is -0.443. The molecule has 4 nitrogen and oxygen atoms in total. The van der Waals surface area contributed by atoms with Crippen LogP contribution < -0.4 is 10.1 Å². The normalized spacial score (nSPS) is 13.3. The summed E-state index contributed by atoms with van der Waals surface area (Å²) in [5.74, 6) is 1.59. The molecule has 0 aliphatic rings. The molecule has 1 heterocycles. The van der Waals surface area contributed by atoms with Crippen LogP contribution >= 0.6 is 0 Å². The van der Waals surface area contributed by atoms with Crippen molar-refractivity contribution in [3.8, 4) is 5.75 Å². The molecule has 2 rings (SSSR count). The zero-order valence-electron chi connectivity index (χ0n) is 11.8. The average Bonchev–Trinajstić information content (AvgIpc) is 2.38. The third kappa shape index (κ3) is 2.79. The van der Waals surface area contributed by atoms with Gasteiger partial charge in [-0.2, -0.15) is 0 Å². The van der Waals surface area contributed by atoms with Crippen molar-refractivity contribution >= 4 is 16.6 Å². The first kappa shape index (κ1) is 13.6. The molecule has 0 spiro atoms. The lowest BCUT2D eigenvalue weighted by Crippen LogP contribution is -2.42. The summed E-state index contributed by atoms with van der Waals surface area (Å²) in [6, 6.07) is 7.79. The number of nitrogens with zero attached hydrogens (tertiary/aromatic N) is 1. The number of hydrogen-bond donors (Lipinski definition) is 2. The monoisotopic (exact) mass is 260 g/mol. The van der Waals surface area contributed by atoms with Crippen LogP contribution in [0.15, 0.2) is 30.5 Å². The first-order valence-corrected chi connectivity index (χ1v) is 6.33. The van der Waals surface area contributed by atoms with Crippen LogP contribution in [0.3, 0.4) is 0 Å². The van der Waals surface area contributed by atoms with Gasteiger partial charge >= 0.3 is 0 Å². The zero-order chi connectivity index (χ0) is 14.0. The topological polar surface area (TPSA) is 54.4 Å². The Labute approximate surface area is 113 Å². The van der Waals surface area contributed by atoms with Crippen LogP contribution in [0.5, 0.6) is 5.75 Å². The molecular formula is C15H20N2O2. The van der Waals surface area contributed by atoms with E-state index in [2.05, 4.69) is 10.3 Å². The first-order chi connectivity index (χ1) is 8.94. The van der Waals surface area contributed by atoms with Crippen LogP contribution in [-0.4, -0.2) is 28.8 Å². The van der Waals surface area contributed by atoms with Crippen molar-refractivity contribution in [2.24, 2.45) is 0 Å². The highest BCUT2D eigenvalue weighted by molar-refractivity contribution is 5.92. The molecule has 0 saturated carbocycles. The van der Waals surface area contributed by atoms with Crippen molar-refractivity contribution in [3.63, 3.8) is 0 Å². The second-order valence-electron chi connectivity index (χ2n) is 5.27. The molecule has 0 radical (unpaired) electrons. The van der Waals surface area contributed by atoms with Gasteiger partial charge in [0.1, 0.15) is 11.6 Å². The lowest BCUT2D eigenvalue weighted by molar-refractivity contribution is 0.133. The molecule has 0 bridgehead atoms. The molecule has 1 atom stereocenters. The molecule has 1 aromatic heterocycles. The van der Waals surface area contributed by atoms with E-state index in [1.807, 2.05) is 38.1 Å². The van der Waals surface area contributed by atoms with Gasteiger partial charge in [0.05, 0.1) is 18.8 Å². The number of benzene rings is 1. The minimum absolute atomic E-state index is 0.443. The fraction of sp³-hybridized carbons (Fsp3) is 0.400. The Morgan fingerprint density at radius 3 is 2.68 bits per heavy atom. The highest BCUT2D eigenvalue weighted by Crippen LogP contribution is 2.27. The largest absolute Gasteiger partial charge is 0.497 e.